The first-order chi connectivity index (χ1) is 16.0. The number of thiazole rings is 1. The molecule has 3 heterocycles. The minimum Gasteiger partial charge on any atom is -0.484 e. The summed E-state index contributed by atoms with van der Waals surface area (Å²) < 4.78 is 19.7. The van der Waals surface area contributed by atoms with E-state index in [0.717, 1.165) is 31.2 Å². The first-order valence-corrected chi connectivity index (χ1v) is 12.1. The van der Waals surface area contributed by atoms with Crippen molar-refractivity contribution in [3.63, 3.8) is 0 Å². The zero-order chi connectivity index (χ0) is 22.9. The van der Waals surface area contributed by atoms with Crippen molar-refractivity contribution in [1.82, 2.24) is 9.88 Å². The van der Waals surface area contributed by atoms with Gasteiger partial charge in [0.2, 0.25) is 5.91 Å². The molecule has 1 aliphatic rings. The average molecular weight is 482 g/mol. The third-order valence-electron chi connectivity index (χ3n) is 5.45. The molecule has 0 saturated carbocycles. The lowest BCUT2D eigenvalue weighted by molar-refractivity contribution is -0.129. The number of para-hydroxylation sites is 1. The number of benzene rings is 2. The van der Waals surface area contributed by atoms with E-state index in [2.05, 4.69) is 5.32 Å². The second-order valence-electron chi connectivity index (χ2n) is 7.68. The topological polar surface area (TPSA) is 71.5 Å². The predicted octanol–water partition coefficient (Wildman–Crippen LogP) is 5.09. The maximum Gasteiger partial charge on any atom is 0.262 e. The number of amides is 2. The van der Waals surface area contributed by atoms with E-state index in [1.54, 1.807) is 18.3 Å². The van der Waals surface area contributed by atoms with Crippen molar-refractivity contribution in [2.45, 2.75) is 19.9 Å². The predicted molar refractivity (Wildman–Crippen MR) is 128 cm³/mol. The van der Waals surface area contributed by atoms with E-state index < -0.39 is 0 Å². The van der Waals surface area contributed by atoms with E-state index in [9.17, 15) is 14.0 Å². The number of rotatable bonds is 5. The Morgan fingerprint density at radius 2 is 1.94 bits per heavy atom. The molecule has 0 unspecified atom stereocenters. The first kappa shape index (κ1) is 21.5. The van der Waals surface area contributed by atoms with Crippen LogP contribution in [0.3, 0.4) is 0 Å². The quantitative estimate of drug-likeness (QED) is 0.431. The second kappa shape index (κ2) is 8.92. The molecule has 1 N–H and O–H groups in total. The summed E-state index contributed by atoms with van der Waals surface area (Å²) >= 11 is 3.06. The van der Waals surface area contributed by atoms with Crippen LogP contribution >= 0.6 is 22.7 Å². The monoisotopic (exact) mass is 481 g/mol. The van der Waals surface area contributed by atoms with Crippen LogP contribution in [0.25, 0.3) is 20.8 Å². The molecule has 0 bridgehead atoms. The van der Waals surface area contributed by atoms with Gasteiger partial charge in [0.05, 0.1) is 16.8 Å². The van der Waals surface area contributed by atoms with Crippen LogP contribution in [0.2, 0.25) is 0 Å². The van der Waals surface area contributed by atoms with Gasteiger partial charge in [-0.3, -0.25) is 9.59 Å². The van der Waals surface area contributed by atoms with Crippen molar-refractivity contribution < 1.29 is 18.7 Å². The van der Waals surface area contributed by atoms with Gasteiger partial charge in [0.25, 0.3) is 5.91 Å². The highest BCUT2D eigenvalue weighted by Gasteiger charge is 2.28. The Morgan fingerprint density at radius 1 is 1.15 bits per heavy atom. The van der Waals surface area contributed by atoms with Crippen molar-refractivity contribution >= 4 is 49.7 Å². The van der Waals surface area contributed by atoms with Crippen LogP contribution < -0.4 is 10.1 Å². The Morgan fingerprint density at radius 3 is 2.70 bits per heavy atom. The minimum absolute atomic E-state index is 0.0360. The van der Waals surface area contributed by atoms with Gasteiger partial charge in [0, 0.05) is 23.9 Å². The van der Waals surface area contributed by atoms with Crippen LogP contribution in [0.5, 0.6) is 5.75 Å². The van der Waals surface area contributed by atoms with Gasteiger partial charge in [-0.05, 0) is 48.4 Å². The van der Waals surface area contributed by atoms with Crippen LogP contribution in [0, 0.1) is 5.82 Å². The number of thiophene rings is 1. The van der Waals surface area contributed by atoms with E-state index in [1.807, 2.05) is 29.2 Å². The summed E-state index contributed by atoms with van der Waals surface area (Å²) in [6.45, 7) is 2.53. The number of aromatic nitrogens is 1. The van der Waals surface area contributed by atoms with Gasteiger partial charge in [-0.25, -0.2) is 9.37 Å². The molecular weight excluding hydrogens is 461 g/mol. The first-order valence-electron chi connectivity index (χ1n) is 10.4. The fraction of sp³-hybridized carbons (Fsp3) is 0.208. The molecular formula is C24H20FN3O3S2. The number of carbonyl (C=O) groups is 2. The highest BCUT2D eigenvalue weighted by molar-refractivity contribution is 7.22. The molecule has 0 radical (unpaired) electrons. The Bertz CT molecular complexity index is 1310. The van der Waals surface area contributed by atoms with Crippen molar-refractivity contribution in [2.75, 3.05) is 18.5 Å². The molecule has 33 heavy (non-hydrogen) atoms. The molecule has 0 spiro atoms. The molecule has 2 amide bonds. The molecule has 168 valence electrons. The van der Waals surface area contributed by atoms with Crippen LogP contribution in [0.1, 0.15) is 17.4 Å². The number of nitrogens with zero attached hydrogens (tertiary/aromatic N) is 2. The van der Waals surface area contributed by atoms with Crippen LogP contribution in [0.15, 0.2) is 48.5 Å². The summed E-state index contributed by atoms with van der Waals surface area (Å²) in [5, 5.41) is 4.53. The third kappa shape index (κ3) is 4.46. The number of anilines is 1. The number of ether oxygens (including phenoxy) is 1. The molecule has 0 aliphatic carbocycles. The van der Waals surface area contributed by atoms with E-state index >= 15 is 0 Å². The molecule has 9 heteroatoms. The van der Waals surface area contributed by atoms with E-state index in [4.69, 9.17) is 9.72 Å². The smallest absolute Gasteiger partial charge is 0.262 e. The highest BCUT2D eigenvalue weighted by Crippen LogP contribution is 2.45. The van der Waals surface area contributed by atoms with Gasteiger partial charge in [0.1, 0.15) is 21.6 Å². The molecule has 5 rings (SSSR count). The summed E-state index contributed by atoms with van der Waals surface area (Å²) in [6.07, 6.45) is 0.707. The Balaban J connectivity index is 1.44. The van der Waals surface area contributed by atoms with Crippen LogP contribution in [-0.2, 0) is 22.6 Å². The zero-order valence-corrected chi connectivity index (χ0v) is 19.4. The number of halogens is 1. The lowest BCUT2D eigenvalue weighted by Gasteiger charge is -2.26. The average Bonchev–Trinajstić information content (AvgIpc) is 3.38. The van der Waals surface area contributed by atoms with E-state index in [0.29, 0.717) is 30.3 Å². The van der Waals surface area contributed by atoms with Gasteiger partial charge in [-0.2, -0.15) is 0 Å². The summed E-state index contributed by atoms with van der Waals surface area (Å²) in [5.41, 5.74) is 2.97. The van der Waals surface area contributed by atoms with E-state index in [1.165, 1.54) is 35.6 Å². The van der Waals surface area contributed by atoms with Gasteiger partial charge >= 0.3 is 0 Å². The van der Waals surface area contributed by atoms with Crippen molar-refractivity contribution in [3.05, 3.63) is 64.8 Å². The SMILES string of the molecule is CC(=O)N1CCc2c(sc(NC(=O)COc3ccc(F)cc3)c2-c2nc3ccccc3s2)C1. The second-order valence-corrected chi connectivity index (χ2v) is 9.81. The largest absolute Gasteiger partial charge is 0.484 e. The molecule has 4 aromatic rings. The van der Waals surface area contributed by atoms with Gasteiger partial charge in [-0.1, -0.05) is 12.1 Å². The lowest BCUT2D eigenvalue weighted by atomic mass is 10.0. The molecule has 0 atom stereocenters. The zero-order valence-electron chi connectivity index (χ0n) is 17.8. The Kier molecular flexibility index (Phi) is 5.82. The molecule has 2 aromatic carbocycles. The van der Waals surface area contributed by atoms with E-state index in [-0.39, 0.29) is 24.2 Å². The molecule has 0 fully saturated rings. The standard InChI is InChI=1S/C24H20FN3O3S2/c1-14(29)28-11-10-17-20(12-28)33-24(22(17)23-26-18-4-2-3-5-19(18)32-23)27-21(30)13-31-16-8-6-15(25)7-9-16/h2-9H,10-13H2,1H3,(H,27,30). The number of hydrogen-bond donors (Lipinski definition) is 1. The normalized spacial score (nSPS) is 13.1. The van der Waals surface area contributed by atoms with Gasteiger partial charge in [0.15, 0.2) is 6.61 Å². The Hall–Kier alpha value is -3.30. The highest BCUT2D eigenvalue weighted by atomic mass is 32.1. The van der Waals surface area contributed by atoms with Crippen molar-refractivity contribution in [1.29, 1.82) is 0 Å². The van der Waals surface area contributed by atoms with Crippen LogP contribution in [-0.4, -0.2) is 34.8 Å². The van der Waals surface area contributed by atoms with Gasteiger partial charge in [-0.15, -0.1) is 22.7 Å². The summed E-state index contributed by atoms with van der Waals surface area (Å²) in [7, 11) is 0. The summed E-state index contributed by atoms with van der Waals surface area (Å²) in [6, 6.07) is 13.5. The number of carbonyl (C=O) groups excluding carboxylic acids is 2. The number of nitrogens with one attached hydrogen (secondary N) is 1. The van der Waals surface area contributed by atoms with Crippen molar-refractivity contribution in [2.24, 2.45) is 0 Å². The third-order valence-corrected chi connectivity index (χ3v) is 7.63. The fourth-order valence-corrected chi connectivity index (χ4v) is 6.20. The van der Waals surface area contributed by atoms with Crippen molar-refractivity contribution in [3.8, 4) is 16.3 Å². The molecule has 0 saturated heterocycles. The van der Waals surface area contributed by atoms with Gasteiger partial charge < -0.3 is 15.0 Å². The Labute approximate surface area is 197 Å². The number of hydrogen-bond acceptors (Lipinski definition) is 6. The lowest BCUT2D eigenvalue weighted by Crippen LogP contribution is -2.33. The summed E-state index contributed by atoms with van der Waals surface area (Å²) in [5.74, 6) is -0.228. The fourth-order valence-electron chi connectivity index (χ4n) is 3.81. The summed E-state index contributed by atoms with van der Waals surface area (Å²) in [4.78, 5) is 32.3. The minimum atomic E-state index is -0.365. The number of fused-ring (bicyclic) bond motifs is 2. The van der Waals surface area contributed by atoms with Crippen LogP contribution in [0.4, 0.5) is 9.39 Å². The maximum atomic E-state index is 13.1. The molecule has 2 aromatic heterocycles. The molecule has 1 aliphatic heterocycles. The molecule has 6 nitrogen and oxygen atoms in total. The maximum absolute atomic E-state index is 13.1.